The van der Waals surface area contributed by atoms with E-state index in [-0.39, 0.29) is 24.3 Å². The van der Waals surface area contributed by atoms with Crippen molar-refractivity contribution in [1.29, 1.82) is 0 Å². The minimum absolute atomic E-state index is 0.0293. The van der Waals surface area contributed by atoms with Gasteiger partial charge in [-0.05, 0) is 37.6 Å². The maximum atomic E-state index is 12.1. The number of carbonyl (C=O) groups excluding carboxylic acids is 2. The van der Waals surface area contributed by atoms with Crippen molar-refractivity contribution >= 4 is 11.7 Å². The van der Waals surface area contributed by atoms with Crippen molar-refractivity contribution in [1.82, 2.24) is 5.32 Å². The SMILES string of the molecule is COCc1cc(C(C)=O)ccc1OCC(=O)NC(C)c1ccccc1. The minimum Gasteiger partial charge on any atom is -0.483 e. The fourth-order valence-corrected chi connectivity index (χ4v) is 2.46. The van der Waals surface area contributed by atoms with Crippen molar-refractivity contribution in [3.05, 3.63) is 65.2 Å². The highest BCUT2D eigenvalue weighted by atomic mass is 16.5. The molecule has 0 aliphatic heterocycles. The third-order valence-corrected chi connectivity index (χ3v) is 3.80. The average molecular weight is 341 g/mol. The lowest BCUT2D eigenvalue weighted by Gasteiger charge is -2.16. The van der Waals surface area contributed by atoms with Gasteiger partial charge in [0.2, 0.25) is 0 Å². The van der Waals surface area contributed by atoms with Gasteiger partial charge in [0.25, 0.3) is 5.91 Å². The van der Waals surface area contributed by atoms with Gasteiger partial charge in [0.05, 0.1) is 12.6 Å². The van der Waals surface area contributed by atoms with Crippen LogP contribution in [0, 0.1) is 0 Å². The zero-order chi connectivity index (χ0) is 18.2. The molecule has 0 fully saturated rings. The van der Waals surface area contributed by atoms with Crippen LogP contribution < -0.4 is 10.1 Å². The maximum absolute atomic E-state index is 12.1. The summed E-state index contributed by atoms with van der Waals surface area (Å²) >= 11 is 0. The van der Waals surface area contributed by atoms with E-state index in [9.17, 15) is 9.59 Å². The van der Waals surface area contributed by atoms with Crippen LogP contribution in [0.3, 0.4) is 0 Å². The number of rotatable bonds is 8. The number of hydrogen-bond acceptors (Lipinski definition) is 4. The van der Waals surface area contributed by atoms with Gasteiger partial charge in [0.1, 0.15) is 5.75 Å². The molecule has 0 aromatic heterocycles. The van der Waals surface area contributed by atoms with Crippen LogP contribution in [-0.2, 0) is 16.1 Å². The normalized spacial score (nSPS) is 11.6. The summed E-state index contributed by atoms with van der Waals surface area (Å²) in [5.74, 6) is 0.295. The van der Waals surface area contributed by atoms with E-state index in [1.165, 1.54) is 6.92 Å². The van der Waals surface area contributed by atoms with Crippen molar-refractivity contribution in [2.24, 2.45) is 0 Å². The van der Waals surface area contributed by atoms with E-state index in [2.05, 4.69) is 5.32 Å². The van der Waals surface area contributed by atoms with Gasteiger partial charge in [0.15, 0.2) is 12.4 Å². The second-order valence-corrected chi connectivity index (χ2v) is 5.80. The Labute approximate surface area is 148 Å². The van der Waals surface area contributed by atoms with Gasteiger partial charge in [0, 0.05) is 18.2 Å². The van der Waals surface area contributed by atoms with Crippen LogP contribution in [0.1, 0.15) is 41.4 Å². The number of ether oxygens (including phenoxy) is 2. The number of hydrogen-bond donors (Lipinski definition) is 1. The van der Waals surface area contributed by atoms with Gasteiger partial charge in [-0.1, -0.05) is 30.3 Å². The molecular formula is C20H23NO4. The van der Waals surface area contributed by atoms with Crippen LogP contribution in [0.2, 0.25) is 0 Å². The van der Waals surface area contributed by atoms with Crippen molar-refractivity contribution in [3.63, 3.8) is 0 Å². The second kappa shape index (κ2) is 8.99. The van der Waals surface area contributed by atoms with Gasteiger partial charge in [-0.25, -0.2) is 0 Å². The topological polar surface area (TPSA) is 64.6 Å². The highest BCUT2D eigenvalue weighted by Gasteiger charge is 2.12. The minimum atomic E-state index is -0.213. The van der Waals surface area contributed by atoms with E-state index in [1.54, 1.807) is 25.3 Å². The van der Waals surface area contributed by atoms with E-state index in [0.717, 1.165) is 11.1 Å². The Hall–Kier alpha value is -2.66. The summed E-state index contributed by atoms with van der Waals surface area (Å²) in [6.07, 6.45) is 0. The van der Waals surface area contributed by atoms with Gasteiger partial charge in [-0.2, -0.15) is 0 Å². The average Bonchev–Trinajstić information content (AvgIpc) is 2.61. The largest absolute Gasteiger partial charge is 0.483 e. The molecule has 1 unspecified atom stereocenters. The Morgan fingerprint density at radius 2 is 1.84 bits per heavy atom. The number of ketones is 1. The molecule has 0 radical (unpaired) electrons. The molecule has 0 bridgehead atoms. The molecule has 0 saturated heterocycles. The molecule has 0 heterocycles. The first-order chi connectivity index (χ1) is 12.0. The molecule has 0 aliphatic carbocycles. The van der Waals surface area contributed by atoms with E-state index in [0.29, 0.717) is 17.9 Å². The van der Waals surface area contributed by atoms with E-state index >= 15 is 0 Å². The predicted octanol–water partition coefficient (Wildman–Crippen LogP) is 3.29. The molecule has 0 saturated carbocycles. The quantitative estimate of drug-likeness (QED) is 0.748. The number of Topliss-reactive ketones (excluding diaryl/α,β-unsaturated/α-hetero) is 1. The molecule has 2 aromatic carbocycles. The van der Waals surface area contributed by atoms with E-state index in [4.69, 9.17) is 9.47 Å². The zero-order valence-electron chi connectivity index (χ0n) is 14.7. The van der Waals surface area contributed by atoms with E-state index in [1.807, 2.05) is 37.3 Å². The number of benzene rings is 2. The first-order valence-corrected chi connectivity index (χ1v) is 8.11. The fourth-order valence-electron chi connectivity index (χ4n) is 2.46. The predicted molar refractivity (Wildman–Crippen MR) is 95.7 cm³/mol. The summed E-state index contributed by atoms with van der Waals surface area (Å²) in [5.41, 5.74) is 2.35. The molecule has 1 atom stereocenters. The lowest BCUT2D eigenvalue weighted by atomic mass is 10.1. The highest BCUT2D eigenvalue weighted by molar-refractivity contribution is 5.94. The molecule has 132 valence electrons. The van der Waals surface area contributed by atoms with Crippen molar-refractivity contribution in [2.75, 3.05) is 13.7 Å². The van der Waals surface area contributed by atoms with Crippen LogP contribution in [-0.4, -0.2) is 25.4 Å². The Morgan fingerprint density at radius 1 is 1.12 bits per heavy atom. The molecule has 0 aliphatic rings. The van der Waals surface area contributed by atoms with Crippen LogP contribution in [0.15, 0.2) is 48.5 Å². The lowest BCUT2D eigenvalue weighted by molar-refractivity contribution is -0.123. The summed E-state index contributed by atoms with van der Waals surface area (Å²) in [5, 5.41) is 2.90. The van der Waals surface area contributed by atoms with Gasteiger partial charge in [-0.3, -0.25) is 9.59 Å². The van der Waals surface area contributed by atoms with Crippen molar-refractivity contribution in [3.8, 4) is 5.75 Å². The Balaban J connectivity index is 1.98. The standard InChI is InChI=1S/C20H23NO4/c1-14(16-7-5-4-6-8-16)21-20(23)13-25-19-10-9-17(15(2)22)11-18(19)12-24-3/h4-11,14H,12-13H2,1-3H3,(H,21,23). The van der Waals surface area contributed by atoms with Crippen LogP contribution in [0.5, 0.6) is 5.75 Å². The summed E-state index contributed by atoms with van der Waals surface area (Å²) in [7, 11) is 1.57. The monoisotopic (exact) mass is 341 g/mol. The zero-order valence-corrected chi connectivity index (χ0v) is 14.7. The number of amides is 1. The number of methoxy groups -OCH3 is 1. The lowest BCUT2D eigenvalue weighted by Crippen LogP contribution is -2.31. The molecular weight excluding hydrogens is 318 g/mol. The van der Waals surface area contributed by atoms with Crippen LogP contribution >= 0.6 is 0 Å². The van der Waals surface area contributed by atoms with Crippen molar-refractivity contribution < 1.29 is 19.1 Å². The highest BCUT2D eigenvalue weighted by Crippen LogP contribution is 2.21. The Kier molecular flexibility index (Phi) is 6.71. The number of nitrogens with one attached hydrogen (secondary N) is 1. The molecule has 25 heavy (non-hydrogen) atoms. The van der Waals surface area contributed by atoms with E-state index < -0.39 is 0 Å². The smallest absolute Gasteiger partial charge is 0.258 e. The molecule has 2 rings (SSSR count). The van der Waals surface area contributed by atoms with Crippen molar-refractivity contribution in [2.45, 2.75) is 26.5 Å². The Bertz CT molecular complexity index is 728. The number of carbonyl (C=O) groups is 2. The molecule has 1 N–H and O–H groups in total. The van der Waals surface area contributed by atoms with Crippen LogP contribution in [0.25, 0.3) is 0 Å². The molecule has 5 heteroatoms. The van der Waals surface area contributed by atoms with Gasteiger partial charge < -0.3 is 14.8 Å². The molecule has 0 spiro atoms. The van der Waals surface area contributed by atoms with Gasteiger partial charge >= 0.3 is 0 Å². The summed E-state index contributed by atoms with van der Waals surface area (Å²) < 4.78 is 10.8. The third-order valence-electron chi connectivity index (χ3n) is 3.80. The van der Waals surface area contributed by atoms with Gasteiger partial charge in [-0.15, -0.1) is 0 Å². The van der Waals surface area contributed by atoms with Crippen LogP contribution in [0.4, 0.5) is 0 Å². The Morgan fingerprint density at radius 3 is 2.48 bits per heavy atom. The molecule has 1 amide bonds. The third kappa shape index (κ3) is 5.43. The fraction of sp³-hybridized carbons (Fsp3) is 0.300. The first-order valence-electron chi connectivity index (χ1n) is 8.11. The summed E-state index contributed by atoms with van der Waals surface area (Å²) in [6, 6.07) is 14.7. The first kappa shape index (κ1) is 18.7. The summed E-state index contributed by atoms with van der Waals surface area (Å²) in [4.78, 5) is 23.6. The second-order valence-electron chi connectivity index (χ2n) is 5.80. The molecule has 5 nitrogen and oxygen atoms in total. The summed E-state index contributed by atoms with van der Waals surface area (Å²) in [6.45, 7) is 3.63. The maximum Gasteiger partial charge on any atom is 0.258 e. The molecule has 2 aromatic rings.